The molecule has 0 saturated carbocycles. The second kappa shape index (κ2) is 7.09. The highest BCUT2D eigenvalue weighted by Gasteiger charge is 2.32. The highest BCUT2D eigenvalue weighted by molar-refractivity contribution is 5.89. The summed E-state index contributed by atoms with van der Waals surface area (Å²) in [6.45, 7) is 5.13. The van der Waals surface area contributed by atoms with Crippen molar-refractivity contribution in [3.05, 3.63) is 47.2 Å². The number of aryl methyl sites for hydroxylation is 1. The normalized spacial score (nSPS) is 17.4. The number of rotatable bonds is 5. The highest BCUT2D eigenvalue weighted by atomic mass is 19.1. The molecule has 3 aromatic rings. The van der Waals surface area contributed by atoms with Crippen LogP contribution < -0.4 is 0 Å². The van der Waals surface area contributed by atoms with E-state index < -0.39 is 12.0 Å². The molecule has 0 amide bonds. The minimum atomic E-state index is -0.912. The van der Waals surface area contributed by atoms with Gasteiger partial charge in [0.15, 0.2) is 0 Å². The SMILES string of the molecule is Cc1nonc1CN1CCN([C@@H](C(=O)O)c2c[nH]c3cc(F)ccc23)CC1. The van der Waals surface area contributed by atoms with Crippen molar-refractivity contribution in [2.45, 2.75) is 19.5 Å². The molecule has 9 heteroatoms. The lowest BCUT2D eigenvalue weighted by Crippen LogP contribution is -2.48. The average Bonchev–Trinajstić information content (AvgIpc) is 3.23. The number of aromatic nitrogens is 3. The van der Waals surface area contributed by atoms with Crippen molar-refractivity contribution in [3.8, 4) is 0 Å². The smallest absolute Gasteiger partial charge is 0.325 e. The van der Waals surface area contributed by atoms with E-state index in [2.05, 4.69) is 20.2 Å². The van der Waals surface area contributed by atoms with Gasteiger partial charge in [-0.2, -0.15) is 0 Å². The summed E-state index contributed by atoms with van der Waals surface area (Å²) >= 11 is 0. The predicted octanol–water partition coefficient (Wildman–Crippen LogP) is 1.94. The second-order valence-corrected chi connectivity index (χ2v) is 6.78. The van der Waals surface area contributed by atoms with Gasteiger partial charge in [-0.3, -0.25) is 14.6 Å². The van der Waals surface area contributed by atoms with Crippen LogP contribution in [0.4, 0.5) is 4.39 Å². The molecule has 1 saturated heterocycles. The summed E-state index contributed by atoms with van der Waals surface area (Å²) in [4.78, 5) is 19.1. The van der Waals surface area contributed by atoms with E-state index >= 15 is 0 Å². The van der Waals surface area contributed by atoms with Crippen LogP contribution in [0.3, 0.4) is 0 Å². The number of H-pyrrole nitrogens is 1. The van der Waals surface area contributed by atoms with Gasteiger partial charge in [-0.05, 0) is 25.1 Å². The van der Waals surface area contributed by atoms with Crippen molar-refractivity contribution >= 4 is 16.9 Å². The van der Waals surface area contributed by atoms with Crippen LogP contribution in [-0.4, -0.2) is 62.4 Å². The quantitative estimate of drug-likeness (QED) is 0.705. The molecule has 1 aromatic carbocycles. The Kier molecular flexibility index (Phi) is 4.63. The molecule has 3 heterocycles. The van der Waals surface area contributed by atoms with Gasteiger partial charge in [0.1, 0.15) is 23.2 Å². The lowest BCUT2D eigenvalue weighted by Gasteiger charge is -2.37. The van der Waals surface area contributed by atoms with Gasteiger partial charge in [0.2, 0.25) is 0 Å². The number of fused-ring (bicyclic) bond motifs is 1. The second-order valence-electron chi connectivity index (χ2n) is 6.78. The Balaban J connectivity index is 1.50. The molecule has 2 N–H and O–H groups in total. The number of benzene rings is 1. The molecule has 1 aliphatic rings. The molecule has 1 fully saturated rings. The van der Waals surface area contributed by atoms with Crippen LogP contribution in [0.25, 0.3) is 10.9 Å². The van der Waals surface area contributed by atoms with E-state index in [0.717, 1.165) is 16.8 Å². The fourth-order valence-corrected chi connectivity index (χ4v) is 3.62. The van der Waals surface area contributed by atoms with E-state index in [1.165, 1.54) is 12.1 Å². The summed E-state index contributed by atoms with van der Waals surface area (Å²) in [5, 5.41) is 18.3. The van der Waals surface area contributed by atoms with Crippen molar-refractivity contribution in [2.24, 2.45) is 0 Å². The fourth-order valence-electron chi connectivity index (χ4n) is 3.62. The summed E-state index contributed by atoms with van der Waals surface area (Å²) in [5.41, 5.74) is 2.83. The average molecular weight is 373 g/mol. The molecule has 0 unspecified atom stereocenters. The van der Waals surface area contributed by atoms with Crippen molar-refractivity contribution < 1.29 is 18.9 Å². The van der Waals surface area contributed by atoms with Crippen LogP contribution in [0.5, 0.6) is 0 Å². The van der Waals surface area contributed by atoms with Crippen LogP contribution in [0.15, 0.2) is 29.0 Å². The van der Waals surface area contributed by atoms with Crippen LogP contribution in [0.2, 0.25) is 0 Å². The summed E-state index contributed by atoms with van der Waals surface area (Å²) < 4.78 is 18.1. The van der Waals surface area contributed by atoms with Gasteiger partial charge < -0.3 is 10.1 Å². The van der Waals surface area contributed by atoms with Crippen LogP contribution in [0.1, 0.15) is 23.0 Å². The Hall–Kier alpha value is -2.78. The third-order valence-corrected chi connectivity index (χ3v) is 5.10. The third-order valence-electron chi connectivity index (χ3n) is 5.10. The molecule has 4 rings (SSSR count). The van der Waals surface area contributed by atoms with E-state index in [1.807, 2.05) is 11.8 Å². The maximum atomic E-state index is 13.4. The van der Waals surface area contributed by atoms with Crippen LogP contribution in [0, 0.1) is 12.7 Å². The minimum absolute atomic E-state index is 0.353. The van der Waals surface area contributed by atoms with Gasteiger partial charge in [-0.25, -0.2) is 9.02 Å². The minimum Gasteiger partial charge on any atom is -0.480 e. The Labute approximate surface area is 154 Å². The molecule has 0 spiro atoms. The molecular formula is C18H20FN5O3. The van der Waals surface area contributed by atoms with E-state index in [1.54, 1.807) is 12.3 Å². The summed E-state index contributed by atoms with van der Waals surface area (Å²) in [6, 6.07) is 3.58. The first-order valence-corrected chi connectivity index (χ1v) is 8.76. The predicted molar refractivity (Wildman–Crippen MR) is 94.5 cm³/mol. The molecule has 1 aliphatic heterocycles. The number of aromatic amines is 1. The molecule has 0 bridgehead atoms. The van der Waals surface area contributed by atoms with Gasteiger partial charge in [-0.15, -0.1) is 0 Å². The third kappa shape index (κ3) is 3.43. The molecule has 142 valence electrons. The standard InChI is InChI=1S/C18H20FN5O3/c1-11-16(22-27-21-11)10-23-4-6-24(7-5-23)17(18(25)26)14-9-20-15-8-12(19)2-3-13(14)15/h2-3,8-9,17,20H,4-7,10H2,1H3,(H,25,26)/t17-/m1/s1. The number of carbonyl (C=O) groups is 1. The molecule has 0 radical (unpaired) electrons. The largest absolute Gasteiger partial charge is 0.480 e. The maximum absolute atomic E-state index is 13.4. The molecule has 2 aromatic heterocycles. The summed E-state index contributed by atoms with van der Waals surface area (Å²) in [5.74, 6) is -1.26. The molecule has 0 aliphatic carbocycles. The zero-order valence-corrected chi connectivity index (χ0v) is 14.9. The van der Waals surface area contributed by atoms with Gasteiger partial charge in [0.25, 0.3) is 0 Å². The van der Waals surface area contributed by atoms with Gasteiger partial charge >= 0.3 is 5.97 Å². The Morgan fingerprint density at radius 3 is 2.78 bits per heavy atom. The number of aliphatic carboxylic acids is 1. The molecule has 8 nitrogen and oxygen atoms in total. The Bertz CT molecular complexity index is 961. The highest BCUT2D eigenvalue weighted by Crippen LogP contribution is 2.30. The number of piperazine rings is 1. The number of nitrogens with zero attached hydrogens (tertiary/aromatic N) is 4. The first-order valence-electron chi connectivity index (χ1n) is 8.76. The van der Waals surface area contributed by atoms with Crippen LogP contribution in [-0.2, 0) is 11.3 Å². The number of carboxylic acids is 1. The molecule has 1 atom stereocenters. The number of hydrogen-bond acceptors (Lipinski definition) is 6. The molecule has 27 heavy (non-hydrogen) atoms. The monoisotopic (exact) mass is 373 g/mol. The van der Waals surface area contributed by atoms with E-state index in [9.17, 15) is 14.3 Å². The Morgan fingerprint density at radius 1 is 1.33 bits per heavy atom. The lowest BCUT2D eigenvalue weighted by atomic mass is 10.0. The first kappa shape index (κ1) is 17.6. The summed E-state index contributed by atoms with van der Waals surface area (Å²) in [7, 11) is 0. The number of halogens is 1. The van der Waals surface area contributed by atoms with E-state index in [0.29, 0.717) is 43.8 Å². The molecular weight excluding hydrogens is 353 g/mol. The van der Waals surface area contributed by atoms with Crippen molar-refractivity contribution in [2.75, 3.05) is 26.2 Å². The zero-order chi connectivity index (χ0) is 19.0. The van der Waals surface area contributed by atoms with Gasteiger partial charge in [-0.1, -0.05) is 10.3 Å². The van der Waals surface area contributed by atoms with Gasteiger partial charge in [0, 0.05) is 55.4 Å². The maximum Gasteiger partial charge on any atom is 0.325 e. The lowest BCUT2D eigenvalue weighted by molar-refractivity contribution is -0.144. The first-order chi connectivity index (χ1) is 13.0. The van der Waals surface area contributed by atoms with E-state index in [-0.39, 0.29) is 5.82 Å². The van der Waals surface area contributed by atoms with Crippen LogP contribution >= 0.6 is 0 Å². The number of carboxylic acid groups (broad SMARTS) is 1. The topological polar surface area (TPSA) is 98.5 Å². The fraction of sp³-hybridized carbons (Fsp3) is 0.389. The number of nitrogens with one attached hydrogen (secondary N) is 1. The zero-order valence-electron chi connectivity index (χ0n) is 14.9. The van der Waals surface area contributed by atoms with Crippen molar-refractivity contribution in [1.82, 2.24) is 25.1 Å². The Morgan fingerprint density at radius 2 is 2.11 bits per heavy atom. The summed E-state index contributed by atoms with van der Waals surface area (Å²) in [6.07, 6.45) is 1.67. The van der Waals surface area contributed by atoms with Gasteiger partial charge in [0.05, 0.1) is 0 Å². The van der Waals surface area contributed by atoms with E-state index in [4.69, 9.17) is 4.63 Å². The van der Waals surface area contributed by atoms with Crippen molar-refractivity contribution in [1.29, 1.82) is 0 Å². The van der Waals surface area contributed by atoms with Crippen molar-refractivity contribution in [3.63, 3.8) is 0 Å². The number of hydrogen-bond donors (Lipinski definition) is 2.